The average molecular weight is 288 g/mol. The third-order valence-corrected chi connectivity index (χ3v) is 3.47. The Labute approximate surface area is 121 Å². The molecule has 1 amide bonds. The van der Waals surface area contributed by atoms with Crippen LogP contribution >= 0.6 is 0 Å². The summed E-state index contributed by atoms with van der Waals surface area (Å²) in [4.78, 5) is 13.8. The summed E-state index contributed by atoms with van der Waals surface area (Å²) >= 11 is 0. The van der Waals surface area contributed by atoms with Gasteiger partial charge in [0.1, 0.15) is 5.60 Å². The molecular weight excluding hydrogens is 260 g/mol. The van der Waals surface area contributed by atoms with Gasteiger partial charge in [0.2, 0.25) is 0 Å². The van der Waals surface area contributed by atoms with E-state index in [1.165, 1.54) is 0 Å². The molecule has 0 aromatic heterocycles. The summed E-state index contributed by atoms with van der Waals surface area (Å²) in [6.07, 6.45) is 1.55. The second-order valence-corrected chi connectivity index (χ2v) is 6.73. The van der Waals surface area contributed by atoms with E-state index in [1.807, 2.05) is 20.8 Å². The van der Waals surface area contributed by atoms with E-state index in [9.17, 15) is 15.0 Å². The second-order valence-electron chi connectivity index (χ2n) is 6.73. The fourth-order valence-electron chi connectivity index (χ4n) is 2.13. The van der Waals surface area contributed by atoms with Crippen molar-refractivity contribution < 1.29 is 19.7 Å². The van der Waals surface area contributed by atoms with Crippen molar-refractivity contribution in [3.63, 3.8) is 0 Å². The van der Waals surface area contributed by atoms with Gasteiger partial charge in [0.25, 0.3) is 0 Å². The molecule has 1 rings (SSSR count). The molecule has 1 saturated heterocycles. The van der Waals surface area contributed by atoms with Gasteiger partial charge >= 0.3 is 6.09 Å². The minimum absolute atomic E-state index is 0.0438. The minimum Gasteiger partial charge on any atom is -0.444 e. The first-order valence-electron chi connectivity index (χ1n) is 7.17. The molecule has 0 aromatic carbocycles. The van der Waals surface area contributed by atoms with Crippen LogP contribution in [0.4, 0.5) is 4.79 Å². The lowest BCUT2D eigenvalue weighted by Crippen LogP contribution is -2.54. The van der Waals surface area contributed by atoms with E-state index in [0.29, 0.717) is 13.1 Å². The summed E-state index contributed by atoms with van der Waals surface area (Å²) in [6, 6.07) is 0.0438. The topological polar surface area (TPSA) is 82.0 Å². The van der Waals surface area contributed by atoms with Crippen LogP contribution in [-0.2, 0) is 4.74 Å². The summed E-state index contributed by atoms with van der Waals surface area (Å²) in [5.74, 6) is 0. The van der Waals surface area contributed by atoms with E-state index < -0.39 is 11.1 Å². The van der Waals surface area contributed by atoms with Gasteiger partial charge in [-0.3, -0.25) is 0 Å². The first-order chi connectivity index (χ1) is 9.21. The fourth-order valence-corrected chi connectivity index (χ4v) is 2.13. The summed E-state index contributed by atoms with van der Waals surface area (Å²) in [5.41, 5.74) is -1.22. The average Bonchev–Trinajstić information content (AvgIpc) is 2.82. The highest BCUT2D eigenvalue weighted by atomic mass is 16.6. The Morgan fingerprint density at radius 2 is 1.90 bits per heavy atom. The number of nitrogens with zero attached hydrogens (tertiary/aromatic N) is 1. The molecule has 0 saturated carbocycles. The van der Waals surface area contributed by atoms with Crippen LogP contribution in [-0.4, -0.2) is 64.7 Å². The number of hydrogen-bond acceptors (Lipinski definition) is 5. The number of likely N-dealkylation sites (tertiary alicyclic amines) is 1. The van der Waals surface area contributed by atoms with E-state index in [-0.39, 0.29) is 25.3 Å². The van der Waals surface area contributed by atoms with Crippen LogP contribution in [0.1, 0.15) is 40.5 Å². The molecule has 1 aliphatic rings. The fraction of sp³-hybridized carbons (Fsp3) is 0.929. The molecule has 0 spiro atoms. The predicted octanol–water partition coefficient (Wildman–Crippen LogP) is 0.719. The molecule has 0 aromatic rings. The maximum atomic E-state index is 12.1. The Morgan fingerprint density at radius 3 is 2.40 bits per heavy atom. The number of ether oxygens (including phenoxy) is 1. The van der Waals surface area contributed by atoms with E-state index >= 15 is 0 Å². The molecule has 0 radical (unpaired) electrons. The molecule has 20 heavy (non-hydrogen) atoms. The number of hydrogen-bond donors (Lipinski definition) is 3. The van der Waals surface area contributed by atoms with E-state index in [1.54, 1.807) is 11.8 Å². The van der Waals surface area contributed by atoms with E-state index in [2.05, 4.69) is 5.32 Å². The Morgan fingerprint density at radius 1 is 1.30 bits per heavy atom. The molecule has 1 fully saturated rings. The molecule has 0 aliphatic carbocycles. The van der Waals surface area contributed by atoms with Gasteiger partial charge in [-0.1, -0.05) is 0 Å². The van der Waals surface area contributed by atoms with Gasteiger partial charge in [0, 0.05) is 19.1 Å². The van der Waals surface area contributed by atoms with Crippen LogP contribution in [0.3, 0.4) is 0 Å². The lowest BCUT2D eigenvalue weighted by atomic mass is 10.0. The van der Waals surface area contributed by atoms with Crippen molar-refractivity contribution in [3.8, 4) is 0 Å². The highest BCUT2D eigenvalue weighted by Crippen LogP contribution is 2.20. The number of carbonyl (C=O) groups excluding carboxylic acids is 1. The van der Waals surface area contributed by atoms with E-state index in [4.69, 9.17) is 4.74 Å². The van der Waals surface area contributed by atoms with Crippen LogP contribution < -0.4 is 5.32 Å². The van der Waals surface area contributed by atoms with Gasteiger partial charge in [-0.05, 0) is 40.5 Å². The first-order valence-corrected chi connectivity index (χ1v) is 7.17. The smallest absolute Gasteiger partial charge is 0.410 e. The van der Waals surface area contributed by atoms with Crippen molar-refractivity contribution in [2.24, 2.45) is 0 Å². The number of nitrogens with one attached hydrogen (secondary N) is 1. The maximum absolute atomic E-state index is 12.1. The van der Waals surface area contributed by atoms with Crippen molar-refractivity contribution in [1.82, 2.24) is 10.2 Å². The van der Waals surface area contributed by atoms with Crippen molar-refractivity contribution in [2.45, 2.75) is 57.7 Å². The number of aliphatic hydroxyl groups is 2. The number of amides is 1. The molecule has 1 heterocycles. The molecular formula is C14H28N2O4. The molecule has 1 atom stereocenters. The molecule has 3 N–H and O–H groups in total. The zero-order chi connectivity index (χ0) is 15.4. The lowest BCUT2D eigenvalue weighted by molar-refractivity contribution is 0.0210. The second kappa shape index (κ2) is 6.74. The van der Waals surface area contributed by atoms with Crippen LogP contribution in [0.15, 0.2) is 0 Å². The number of carbonyl (C=O) groups is 1. The number of rotatable bonds is 5. The van der Waals surface area contributed by atoms with Crippen LogP contribution in [0.25, 0.3) is 0 Å². The summed E-state index contributed by atoms with van der Waals surface area (Å²) in [6.45, 7) is 8.23. The van der Waals surface area contributed by atoms with Crippen molar-refractivity contribution in [2.75, 3.05) is 26.3 Å². The third kappa shape index (κ3) is 4.92. The highest BCUT2D eigenvalue weighted by molar-refractivity contribution is 5.69. The zero-order valence-electron chi connectivity index (χ0n) is 13.0. The van der Waals surface area contributed by atoms with Crippen LogP contribution in [0, 0.1) is 0 Å². The largest absolute Gasteiger partial charge is 0.444 e. The maximum Gasteiger partial charge on any atom is 0.410 e. The molecule has 1 unspecified atom stereocenters. The first kappa shape index (κ1) is 17.2. The highest BCUT2D eigenvalue weighted by Gasteiger charge is 2.33. The summed E-state index contributed by atoms with van der Waals surface area (Å²) in [7, 11) is 0. The quantitative estimate of drug-likeness (QED) is 0.694. The zero-order valence-corrected chi connectivity index (χ0v) is 13.0. The summed E-state index contributed by atoms with van der Waals surface area (Å²) in [5, 5.41) is 21.7. The minimum atomic E-state index is -0.720. The third-order valence-electron chi connectivity index (χ3n) is 3.47. The van der Waals surface area contributed by atoms with Crippen LogP contribution in [0.5, 0.6) is 0 Å². The van der Waals surface area contributed by atoms with E-state index in [0.717, 1.165) is 12.8 Å². The molecule has 6 nitrogen and oxygen atoms in total. The van der Waals surface area contributed by atoms with Gasteiger partial charge in [-0.25, -0.2) is 4.79 Å². The monoisotopic (exact) mass is 288 g/mol. The standard InChI is InChI=1S/C14H28N2O4/c1-13(2,3)20-12(19)16-7-5-6-11(16)8-15-14(4,9-17)10-18/h11,15,17-18H,5-10H2,1-4H3. The Balaban J connectivity index is 2.55. The van der Waals surface area contributed by atoms with Gasteiger partial charge < -0.3 is 25.2 Å². The van der Waals surface area contributed by atoms with Crippen molar-refractivity contribution >= 4 is 6.09 Å². The van der Waals surface area contributed by atoms with Crippen molar-refractivity contribution in [3.05, 3.63) is 0 Å². The molecule has 1 aliphatic heterocycles. The molecule has 6 heteroatoms. The van der Waals surface area contributed by atoms with Gasteiger partial charge in [-0.15, -0.1) is 0 Å². The lowest BCUT2D eigenvalue weighted by Gasteiger charge is -2.32. The van der Waals surface area contributed by atoms with Crippen molar-refractivity contribution in [1.29, 1.82) is 0 Å². The van der Waals surface area contributed by atoms with Gasteiger partial charge in [-0.2, -0.15) is 0 Å². The molecule has 0 bridgehead atoms. The predicted molar refractivity (Wildman–Crippen MR) is 76.5 cm³/mol. The summed E-state index contributed by atoms with van der Waals surface area (Å²) < 4.78 is 5.40. The van der Waals surface area contributed by atoms with Crippen LogP contribution in [0.2, 0.25) is 0 Å². The Bertz CT molecular complexity index is 324. The molecule has 118 valence electrons. The Hall–Kier alpha value is -0.850. The normalized spacial score (nSPS) is 20.3. The Kier molecular flexibility index (Phi) is 5.79. The van der Waals surface area contributed by atoms with Gasteiger partial charge in [0.15, 0.2) is 0 Å². The SMILES string of the molecule is CC(CO)(CO)NCC1CCCN1C(=O)OC(C)(C)C. The van der Waals surface area contributed by atoms with Gasteiger partial charge in [0.05, 0.1) is 18.8 Å². The number of aliphatic hydroxyl groups excluding tert-OH is 2.